The normalized spacial score (nSPS) is 28.1. The molecule has 15 heteroatoms. The van der Waals surface area contributed by atoms with E-state index in [2.05, 4.69) is 67.8 Å². The van der Waals surface area contributed by atoms with Crippen molar-refractivity contribution in [2.24, 2.45) is 17.3 Å². The molecule has 3 heterocycles. The first kappa shape index (κ1) is 39.9. The van der Waals surface area contributed by atoms with Gasteiger partial charge in [0, 0.05) is 18.7 Å². The van der Waals surface area contributed by atoms with Gasteiger partial charge in [0.1, 0.15) is 17.6 Å². The molecular formula is C41H52BF3N6O5. The molecule has 2 aliphatic heterocycles. The molecule has 7 atom stereocenters. The van der Waals surface area contributed by atoms with E-state index >= 15 is 0 Å². The van der Waals surface area contributed by atoms with Crippen LogP contribution in [0.25, 0.3) is 0 Å². The van der Waals surface area contributed by atoms with Crippen molar-refractivity contribution in [1.29, 1.82) is 0 Å². The topological polar surface area (TPSA) is 136 Å². The summed E-state index contributed by atoms with van der Waals surface area (Å²) in [6, 6.07) is 10.7. The molecule has 0 spiro atoms. The molecular weight excluding hydrogens is 724 g/mol. The number of aromatic nitrogens is 2. The maximum atomic E-state index is 14.4. The number of benzene rings is 2. The summed E-state index contributed by atoms with van der Waals surface area (Å²) in [5.41, 5.74) is -1.14. The lowest BCUT2D eigenvalue weighted by Crippen LogP contribution is -2.65. The lowest BCUT2D eigenvalue weighted by atomic mass is 9.43. The van der Waals surface area contributed by atoms with Gasteiger partial charge in [0.05, 0.1) is 34.9 Å². The van der Waals surface area contributed by atoms with Crippen LogP contribution in [0.4, 0.5) is 29.3 Å². The Hall–Kier alpha value is -4.37. The van der Waals surface area contributed by atoms with Crippen molar-refractivity contribution in [3.63, 3.8) is 0 Å². The Kier molecular flexibility index (Phi) is 9.91. The van der Waals surface area contributed by atoms with Crippen LogP contribution >= 0.6 is 0 Å². The number of alkyl halides is 3. The highest BCUT2D eigenvalue weighted by molar-refractivity contribution is 6.47. The van der Waals surface area contributed by atoms with E-state index in [1.165, 1.54) is 22.9 Å². The average Bonchev–Trinajstić information content (AvgIpc) is 3.63. The fourth-order valence-corrected chi connectivity index (χ4v) is 9.41. The minimum absolute atomic E-state index is 0.00433. The predicted octanol–water partition coefficient (Wildman–Crippen LogP) is 7.32. The number of hydrogen-bond acceptors (Lipinski definition) is 7. The molecule has 4 N–H and O–H groups in total. The molecule has 2 aromatic carbocycles. The number of carbonyl (C=O) groups is 2. The number of nitrogens with one attached hydrogen (secondary N) is 4. The number of hydrogen-bond donors (Lipinski definition) is 4. The first-order chi connectivity index (χ1) is 26.1. The molecule has 1 aromatic heterocycles. The van der Waals surface area contributed by atoms with Crippen LogP contribution < -0.4 is 26.8 Å². The molecule has 300 valence electrons. The molecule has 2 bridgehead atoms. The first-order valence-corrected chi connectivity index (χ1v) is 19.5. The summed E-state index contributed by atoms with van der Waals surface area (Å²) in [5.74, 6) is 0.0434. The lowest BCUT2D eigenvalue weighted by molar-refractivity contribution is -0.199. The van der Waals surface area contributed by atoms with Gasteiger partial charge >= 0.3 is 19.3 Å². The molecule has 0 radical (unpaired) electrons. The van der Waals surface area contributed by atoms with Crippen LogP contribution in [0.1, 0.15) is 110 Å². The summed E-state index contributed by atoms with van der Waals surface area (Å²) in [6.07, 6.45) is -0.864. The van der Waals surface area contributed by atoms with E-state index in [1.54, 1.807) is 6.92 Å². The number of urea groups is 1. The zero-order chi connectivity index (χ0) is 40.6. The van der Waals surface area contributed by atoms with Gasteiger partial charge in [0.2, 0.25) is 5.91 Å². The third kappa shape index (κ3) is 7.10. The molecule has 4 fully saturated rings. The van der Waals surface area contributed by atoms with E-state index in [0.29, 0.717) is 29.5 Å². The second kappa shape index (κ2) is 13.9. The van der Waals surface area contributed by atoms with Crippen LogP contribution in [0.2, 0.25) is 0 Å². The molecule has 3 aromatic rings. The highest BCUT2D eigenvalue weighted by Gasteiger charge is 2.68. The van der Waals surface area contributed by atoms with E-state index < -0.39 is 59.5 Å². The molecule has 11 nitrogen and oxygen atoms in total. The van der Waals surface area contributed by atoms with Gasteiger partial charge in [0.25, 0.3) is 5.56 Å². The van der Waals surface area contributed by atoms with Crippen LogP contribution in [0.15, 0.2) is 59.5 Å². The number of nitrogens with zero attached hydrogens (tertiary/aromatic N) is 2. The van der Waals surface area contributed by atoms with E-state index in [-0.39, 0.29) is 41.4 Å². The van der Waals surface area contributed by atoms with Crippen molar-refractivity contribution in [3.8, 4) is 0 Å². The maximum absolute atomic E-state index is 14.4. The monoisotopic (exact) mass is 776 g/mol. The van der Waals surface area contributed by atoms with Crippen LogP contribution in [0.3, 0.4) is 0 Å². The third-order valence-corrected chi connectivity index (χ3v) is 12.9. The number of carbonyl (C=O) groups excluding carboxylic acids is 2. The first-order valence-electron chi connectivity index (χ1n) is 19.5. The standard InChI is InChI=1S/C41H52BF3N6O5/c1-9-32(42-55-31-19-26-18-30(38(26,5)6)40(31,8)56-42)49-33(52)29-20-39(7,50-36(54)48-27-15-13-24(14-16-27)37(2,3)4)35-47-22-28(34(53)51(29)35)46-21-23-11-10-12-25(17-23)41(43,44)45/h10-17,22,26,29-32,46H,9,18-21H2,1-8H3,(H,49,52)(H2,48,50,54)/t26-,29-,30-,31+,32-,39+,40-/m0/s1. The van der Waals surface area contributed by atoms with Crippen LogP contribution in [0.5, 0.6) is 0 Å². The van der Waals surface area contributed by atoms with Crippen molar-refractivity contribution in [3.05, 3.63) is 87.6 Å². The van der Waals surface area contributed by atoms with Crippen molar-refractivity contribution < 1.29 is 32.1 Å². The number of amides is 3. The zero-order valence-corrected chi connectivity index (χ0v) is 33.3. The molecule has 0 unspecified atom stereocenters. The summed E-state index contributed by atoms with van der Waals surface area (Å²) in [4.78, 5) is 46.7. The summed E-state index contributed by atoms with van der Waals surface area (Å²) in [6.45, 7) is 16.5. The highest BCUT2D eigenvalue weighted by atomic mass is 19.4. The second-order valence-corrected chi connectivity index (χ2v) is 18.0. The Bertz CT molecular complexity index is 2070. The van der Waals surface area contributed by atoms with E-state index in [0.717, 1.165) is 30.5 Å². The number of fused-ring (bicyclic) bond motifs is 1. The average molecular weight is 777 g/mol. The molecule has 8 rings (SSSR count). The summed E-state index contributed by atoms with van der Waals surface area (Å²) in [5, 5.41) is 11.9. The Morgan fingerprint density at radius 2 is 1.75 bits per heavy atom. The molecule has 5 aliphatic rings. The molecule has 3 amide bonds. The summed E-state index contributed by atoms with van der Waals surface area (Å²) >= 11 is 0. The second-order valence-electron chi connectivity index (χ2n) is 18.0. The van der Waals surface area contributed by atoms with Gasteiger partial charge in [0.15, 0.2) is 0 Å². The van der Waals surface area contributed by atoms with Crippen molar-refractivity contribution in [1.82, 2.24) is 20.2 Å². The smallest absolute Gasteiger partial charge is 0.404 e. The molecule has 56 heavy (non-hydrogen) atoms. The lowest BCUT2D eigenvalue weighted by Gasteiger charge is -2.64. The van der Waals surface area contributed by atoms with Gasteiger partial charge in [-0.2, -0.15) is 13.2 Å². The zero-order valence-electron chi connectivity index (χ0n) is 33.3. The number of halogens is 3. The maximum Gasteiger partial charge on any atom is 0.481 e. The van der Waals surface area contributed by atoms with Crippen LogP contribution in [-0.2, 0) is 37.8 Å². The van der Waals surface area contributed by atoms with Gasteiger partial charge in [-0.25, -0.2) is 9.78 Å². The van der Waals surface area contributed by atoms with E-state index in [4.69, 9.17) is 9.31 Å². The van der Waals surface area contributed by atoms with Crippen molar-refractivity contribution in [2.45, 2.75) is 128 Å². The Labute approximate surface area is 326 Å². The van der Waals surface area contributed by atoms with Crippen LogP contribution in [0, 0.1) is 17.3 Å². The third-order valence-electron chi connectivity index (χ3n) is 12.9. The quantitative estimate of drug-likeness (QED) is 0.167. The van der Waals surface area contributed by atoms with Gasteiger partial charge in [-0.3, -0.25) is 14.2 Å². The van der Waals surface area contributed by atoms with Gasteiger partial charge in [-0.1, -0.05) is 65.8 Å². The fraction of sp³-hybridized carbons (Fsp3) is 0.561. The Morgan fingerprint density at radius 1 is 1.04 bits per heavy atom. The molecule has 3 saturated carbocycles. The largest absolute Gasteiger partial charge is 0.481 e. The van der Waals surface area contributed by atoms with E-state index in [9.17, 15) is 27.6 Å². The van der Waals surface area contributed by atoms with Crippen molar-refractivity contribution in [2.75, 3.05) is 10.6 Å². The van der Waals surface area contributed by atoms with Crippen LogP contribution in [-0.4, -0.2) is 46.3 Å². The fourth-order valence-electron chi connectivity index (χ4n) is 9.41. The number of anilines is 2. The van der Waals surface area contributed by atoms with Gasteiger partial charge in [-0.05, 0) is 91.2 Å². The predicted molar refractivity (Wildman–Crippen MR) is 208 cm³/mol. The Balaban J connectivity index is 1.14. The summed E-state index contributed by atoms with van der Waals surface area (Å²) in [7, 11) is -0.690. The van der Waals surface area contributed by atoms with Gasteiger partial charge in [-0.15, -0.1) is 0 Å². The molecule has 3 aliphatic carbocycles. The van der Waals surface area contributed by atoms with E-state index in [1.807, 2.05) is 31.2 Å². The van der Waals surface area contributed by atoms with Crippen molar-refractivity contribution >= 4 is 30.4 Å². The SMILES string of the molecule is CC[C@H](NC(=O)[C@@H]1C[C@@](C)(NC(=O)Nc2ccc(C(C)(C)C)cc2)c2ncc(NCc3cccc(C(F)(F)F)c3)c(=O)n21)B1O[C@@H]2C[C@@H]3C[C@@H](C3(C)C)[C@]2(C)O1. The highest BCUT2D eigenvalue weighted by Crippen LogP contribution is 2.65. The van der Waals surface area contributed by atoms with Gasteiger partial charge < -0.3 is 30.6 Å². The summed E-state index contributed by atoms with van der Waals surface area (Å²) < 4.78 is 54.6. The minimum Gasteiger partial charge on any atom is -0.404 e. The minimum atomic E-state index is -4.53. The Morgan fingerprint density at radius 3 is 2.39 bits per heavy atom. The molecule has 1 saturated heterocycles. The number of rotatable bonds is 9.